The molecule has 0 spiro atoms. The van der Waals surface area contributed by atoms with E-state index < -0.39 is 0 Å². The Balaban J connectivity index is 0.000000155. The van der Waals surface area contributed by atoms with Crippen LogP contribution in [0.15, 0.2) is 322 Å². The Labute approximate surface area is 568 Å². The van der Waals surface area contributed by atoms with E-state index in [1.165, 1.54) is 11.1 Å². The molecular formula is C89H63N9. The van der Waals surface area contributed by atoms with Gasteiger partial charge >= 0.3 is 0 Å². The van der Waals surface area contributed by atoms with Crippen molar-refractivity contribution in [3.63, 3.8) is 0 Å². The Morgan fingerprint density at radius 1 is 0.214 bits per heavy atom. The fraction of sp³-hybridized carbons (Fsp3) is 0.0449. The molecule has 0 amide bonds. The Hall–Kier alpha value is -12.9. The van der Waals surface area contributed by atoms with Gasteiger partial charge in [-0.15, -0.1) is 0 Å². The molecule has 98 heavy (non-hydrogen) atoms. The first kappa shape index (κ1) is 60.1. The van der Waals surface area contributed by atoms with Crippen molar-refractivity contribution in [2.24, 2.45) is 0 Å². The standard InChI is InChI=1S/C49H36N4.C40H27N5/c1-32(2)44-30-42(41-28-26-39-27-29-43(36-14-8-4-9-15-36)50-47(39)48(41)51-44)35-20-22-38(23-21-35)46-31-45(37-16-10-5-11-17-37)52-49(53-46)40-24-18-34(19-25-40)33-12-6-3-7-13-33;1-26-25-34(33-23-21-30-22-24-35(29-13-7-3-8-14-29)42-36(30)37(33)41-26)40-44-38(31-15-9-4-10-16-31)43-39(45-40)32-19-17-28(18-20-32)27-11-5-2-6-12-27/h3-32H,1-2H3;2-25H,1H3. The molecule has 0 saturated heterocycles. The quantitative estimate of drug-likeness (QED) is 0.110. The van der Waals surface area contributed by atoms with Gasteiger partial charge in [-0.1, -0.05) is 305 Å². The molecular weight excluding hydrogens is 1200 g/mol. The molecule has 6 heterocycles. The van der Waals surface area contributed by atoms with Crippen molar-refractivity contribution in [2.75, 3.05) is 0 Å². The summed E-state index contributed by atoms with van der Waals surface area (Å²) in [6.07, 6.45) is 0. The highest BCUT2D eigenvalue weighted by Gasteiger charge is 2.20. The van der Waals surface area contributed by atoms with Gasteiger partial charge in [-0.05, 0) is 76.6 Å². The molecule has 0 fully saturated rings. The summed E-state index contributed by atoms with van der Waals surface area (Å²) in [7, 11) is 0. The zero-order valence-corrected chi connectivity index (χ0v) is 54.2. The lowest BCUT2D eigenvalue weighted by Crippen LogP contribution is -2.01. The topological polar surface area (TPSA) is 116 Å². The molecule has 11 aromatic carbocycles. The number of hydrogen-bond donors (Lipinski definition) is 0. The fourth-order valence-corrected chi connectivity index (χ4v) is 12.7. The Bertz CT molecular complexity index is 5720. The molecule has 0 aliphatic rings. The predicted molar refractivity (Wildman–Crippen MR) is 402 cm³/mol. The summed E-state index contributed by atoms with van der Waals surface area (Å²) >= 11 is 0. The van der Waals surface area contributed by atoms with Crippen LogP contribution in [0.4, 0.5) is 0 Å². The van der Waals surface area contributed by atoms with Crippen LogP contribution in [-0.2, 0) is 0 Å². The van der Waals surface area contributed by atoms with Crippen molar-refractivity contribution in [3.8, 4) is 124 Å². The van der Waals surface area contributed by atoms with Crippen molar-refractivity contribution < 1.29 is 0 Å². The number of benzene rings is 11. The van der Waals surface area contributed by atoms with E-state index in [1.54, 1.807) is 0 Å². The third kappa shape index (κ3) is 12.4. The lowest BCUT2D eigenvalue weighted by atomic mass is 9.95. The highest BCUT2D eigenvalue weighted by molar-refractivity contribution is 6.10. The molecule has 464 valence electrons. The predicted octanol–water partition coefficient (Wildman–Crippen LogP) is 22.3. The lowest BCUT2D eigenvalue weighted by molar-refractivity contribution is 0.831. The number of rotatable bonds is 12. The fourth-order valence-electron chi connectivity index (χ4n) is 12.7. The van der Waals surface area contributed by atoms with Crippen LogP contribution in [0.1, 0.15) is 31.2 Å². The zero-order valence-electron chi connectivity index (χ0n) is 54.2. The van der Waals surface area contributed by atoms with Crippen molar-refractivity contribution in [3.05, 3.63) is 333 Å². The van der Waals surface area contributed by atoms with Gasteiger partial charge in [0, 0.05) is 77.4 Å². The highest BCUT2D eigenvalue weighted by atomic mass is 15.0. The van der Waals surface area contributed by atoms with Gasteiger partial charge in [0.25, 0.3) is 0 Å². The van der Waals surface area contributed by atoms with Gasteiger partial charge in [0.1, 0.15) is 0 Å². The number of aryl methyl sites for hydroxylation is 1. The average molecular weight is 1260 g/mol. The maximum Gasteiger partial charge on any atom is 0.164 e. The summed E-state index contributed by atoms with van der Waals surface area (Å²) in [4.78, 5) is 45.7. The third-order valence-corrected chi connectivity index (χ3v) is 17.9. The van der Waals surface area contributed by atoms with Crippen LogP contribution >= 0.6 is 0 Å². The highest BCUT2D eigenvalue weighted by Crippen LogP contribution is 2.39. The first-order valence-corrected chi connectivity index (χ1v) is 33.0. The molecule has 6 aromatic heterocycles. The number of aromatic nitrogens is 9. The van der Waals surface area contributed by atoms with Crippen LogP contribution in [0.25, 0.3) is 168 Å². The third-order valence-electron chi connectivity index (χ3n) is 17.9. The summed E-state index contributed by atoms with van der Waals surface area (Å²) in [5.41, 5.74) is 23.9. The van der Waals surface area contributed by atoms with Crippen LogP contribution in [0.5, 0.6) is 0 Å². The van der Waals surface area contributed by atoms with Gasteiger partial charge in [-0.3, -0.25) is 9.97 Å². The summed E-state index contributed by atoms with van der Waals surface area (Å²) in [6.45, 7) is 6.40. The van der Waals surface area contributed by atoms with Gasteiger partial charge in [-0.25, -0.2) is 34.9 Å². The van der Waals surface area contributed by atoms with E-state index in [9.17, 15) is 0 Å². The minimum Gasteiger partial charge on any atom is -0.251 e. The first-order chi connectivity index (χ1) is 48.3. The van der Waals surface area contributed by atoms with E-state index in [2.05, 4.69) is 250 Å². The maximum absolute atomic E-state index is 5.21. The molecule has 0 saturated carbocycles. The molecule has 0 atom stereocenters. The lowest BCUT2D eigenvalue weighted by Gasteiger charge is -2.15. The normalized spacial score (nSPS) is 11.3. The summed E-state index contributed by atoms with van der Waals surface area (Å²) in [5.74, 6) is 2.78. The number of pyridine rings is 4. The van der Waals surface area contributed by atoms with Gasteiger partial charge in [0.05, 0.1) is 44.8 Å². The molecule has 0 aliphatic carbocycles. The molecule has 17 aromatic rings. The summed E-state index contributed by atoms with van der Waals surface area (Å²) in [6, 6.07) is 111. The summed E-state index contributed by atoms with van der Waals surface area (Å²) < 4.78 is 0. The SMILES string of the molecule is CC(C)c1cc(-c2ccc(-c3cc(-c4ccccc4)nc(-c4ccc(-c5ccccc5)cc4)n3)cc2)c2ccc3ccc(-c4ccccc4)nc3c2n1.Cc1cc(-c2nc(-c3ccccc3)nc(-c3ccc(-c4ccccc4)cc3)n2)c2ccc3ccc(-c4ccccc4)nc3c2n1. The first-order valence-electron chi connectivity index (χ1n) is 33.0. The number of fused-ring (bicyclic) bond motifs is 6. The molecule has 0 radical (unpaired) electrons. The second-order valence-corrected chi connectivity index (χ2v) is 24.7. The van der Waals surface area contributed by atoms with Crippen molar-refractivity contribution in [1.82, 2.24) is 44.9 Å². The van der Waals surface area contributed by atoms with Gasteiger partial charge in [0.2, 0.25) is 0 Å². The largest absolute Gasteiger partial charge is 0.251 e. The van der Waals surface area contributed by atoms with E-state index in [-0.39, 0.29) is 5.92 Å². The van der Waals surface area contributed by atoms with Gasteiger partial charge in [0.15, 0.2) is 23.3 Å². The van der Waals surface area contributed by atoms with Crippen LogP contribution in [0.2, 0.25) is 0 Å². The van der Waals surface area contributed by atoms with E-state index in [1.807, 2.05) is 91.9 Å². The Kier molecular flexibility index (Phi) is 16.3. The van der Waals surface area contributed by atoms with Crippen LogP contribution in [-0.4, -0.2) is 44.9 Å². The molecule has 0 N–H and O–H groups in total. The summed E-state index contributed by atoms with van der Waals surface area (Å²) in [5, 5.41) is 4.14. The van der Waals surface area contributed by atoms with Crippen molar-refractivity contribution in [1.29, 1.82) is 0 Å². The van der Waals surface area contributed by atoms with E-state index >= 15 is 0 Å². The van der Waals surface area contributed by atoms with Crippen molar-refractivity contribution in [2.45, 2.75) is 26.7 Å². The minimum atomic E-state index is 0.252. The van der Waals surface area contributed by atoms with E-state index in [0.717, 1.165) is 145 Å². The van der Waals surface area contributed by atoms with Crippen LogP contribution < -0.4 is 0 Å². The van der Waals surface area contributed by atoms with Gasteiger partial charge in [-0.2, -0.15) is 0 Å². The molecule has 9 heteroatoms. The zero-order chi connectivity index (χ0) is 65.9. The van der Waals surface area contributed by atoms with Crippen molar-refractivity contribution >= 4 is 43.6 Å². The second-order valence-electron chi connectivity index (χ2n) is 24.7. The van der Waals surface area contributed by atoms with Crippen LogP contribution in [0, 0.1) is 6.92 Å². The van der Waals surface area contributed by atoms with Crippen LogP contribution in [0.3, 0.4) is 0 Å². The van der Waals surface area contributed by atoms with E-state index in [4.69, 9.17) is 44.9 Å². The maximum atomic E-state index is 5.21. The number of nitrogens with zero attached hydrogens (tertiary/aromatic N) is 9. The smallest absolute Gasteiger partial charge is 0.164 e. The van der Waals surface area contributed by atoms with Gasteiger partial charge < -0.3 is 0 Å². The second kappa shape index (κ2) is 26.5. The molecule has 0 aliphatic heterocycles. The van der Waals surface area contributed by atoms with E-state index in [0.29, 0.717) is 23.3 Å². The Morgan fingerprint density at radius 3 is 1.00 bits per heavy atom. The monoisotopic (exact) mass is 1260 g/mol. The molecule has 0 bridgehead atoms. The Morgan fingerprint density at radius 2 is 0.541 bits per heavy atom. The minimum absolute atomic E-state index is 0.252. The molecule has 0 unspecified atom stereocenters. The molecule has 9 nitrogen and oxygen atoms in total. The average Bonchev–Trinajstić information content (AvgIpc) is 0.763. The number of hydrogen-bond acceptors (Lipinski definition) is 9. The molecule has 17 rings (SSSR count).